The number of carbonyl (C=O) groups is 2. The number of fused-ring (bicyclic) bond motifs is 1. The summed E-state index contributed by atoms with van der Waals surface area (Å²) in [4.78, 5) is 36.0. The highest BCUT2D eigenvalue weighted by molar-refractivity contribution is 5.99. The summed E-state index contributed by atoms with van der Waals surface area (Å²) in [5.74, 6) is -3.05. The van der Waals surface area contributed by atoms with E-state index in [0.29, 0.717) is 12.0 Å². The summed E-state index contributed by atoms with van der Waals surface area (Å²) in [6, 6.07) is 4.04. The Kier molecular flexibility index (Phi) is 10.5. The SMILES string of the molecule is CCCC(=O)NCc1ccc(C(F)(F)F)c(Cc2nc3nc(OCC(F)F)c(C(=O)NC4CCC(C(F)(F)F)CC4)cc3[nH]2)c1. The first kappa shape index (κ1) is 33.9. The quantitative estimate of drug-likeness (QED) is 0.206. The Morgan fingerprint density at radius 2 is 1.76 bits per heavy atom. The van der Waals surface area contributed by atoms with E-state index in [1.165, 1.54) is 18.2 Å². The number of alkyl halides is 8. The highest BCUT2D eigenvalue weighted by Gasteiger charge is 2.41. The van der Waals surface area contributed by atoms with E-state index in [2.05, 4.69) is 25.6 Å². The van der Waals surface area contributed by atoms with E-state index in [0.717, 1.165) is 6.07 Å². The maximum atomic E-state index is 13.8. The zero-order chi connectivity index (χ0) is 32.9. The number of nitrogens with zero attached hydrogens (tertiary/aromatic N) is 2. The Balaban J connectivity index is 1.59. The number of nitrogens with one attached hydrogen (secondary N) is 3. The van der Waals surface area contributed by atoms with E-state index in [9.17, 15) is 44.7 Å². The summed E-state index contributed by atoms with van der Waals surface area (Å²) >= 11 is 0. The van der Waals surface area contributed by atoms with E-state index >= 15 is 0 Å². The van der Waals surface area contributed by atoms with Crippen molar-refractivity contribution in [3.63, 3.8) is 0 Å². The average Bonchev–Trinajstić information content (AvgIpc) is 3.35. The van der Waals surface area contributed by atoms with Gasteiger partial charge in [0.15, 0.2) is 12.3 Å². The van der Waals surface area contributed by atoms with Crippen LogP contribution in [0.5, 0.6) is 5.88 Å². The third-order valence-electron chi connectivity index (χ3n) is 7.40. The van der Waals surface area contributed by atoms with Gasteiger partial charge in [0.05, 0.1) is 17.0 Å². The van der Waals surface area contributed by atoms with Crippen molar-refractivity contribution >= 4 is 23.0 Å². The number of halogens is 8. The fourth-order valence-electron chi connectivity index (χ4n) is 5.18. The van der Waals surface area contributed by atoms with Crippen molar-refractivity contribution in [2.24, 2.45) is 5.92 Å². The van der Waals surface area contributed by atoms with Crippen LogP contribution >= 0.6 is 0 Å². The van der Waals surface area contributed by atoms with Gasteiger partial charge < -0.3 is 20.4 Å². The number of rotatable bonds is 11. The van der Waals surface area contributed by atoms with Crippen LogP contribution in [0.2, 0.25) is 0 Å². The van der Waals surface area contributed by atoms with Crippen LogP contribution in [-0.2, 0) is 23.9 Å². The molecule has 2 amide bonds. The van der Waals surface area contributed by atoms with Gasteiger partial charge in [-0.2, -0.15) is 31.3 Å². The molecule has 2 heterocycles. The molecule has 16 heteroatoms. The van der Waals surface area contributed by atoms with Crippen molar-refractivity contribution in [3.05, 3.63) is 52.3 Å². The van der Waals surface area contributed by atoms with Crippen molar-refractivity contribution in [3.8, 4) is 5.88 Å². The highest BCUT2D eigenvalue weighted by atomic mass is 19.4. The van der Waals surface area contributed by atoms with Gasteiger partial charge in [0, 0.05) is 25.4 Å². The first-order valence-electron chi connectivity index (χ1n) is 14.3. The lowest BCUT2D eigenvalue weighted by molar-refractivity contribution is -0.182. The van der Waals surface area contributed by atoms with Crippen LogP contribution in [0.25, 0.3) is 11.2 Å². The average molecular weight is 650 g/mol. The van der Waals surface area contributed by atoms with Gasteiger partial charge in [-0.15, -0.1) is 0 Å². The molecule has 8 nitrogen and oxygen atoms in total. The Morgan fingerprint density at radius 3 is 2.38 bits per heavy atom. The first-order valence-corrected chi connectivity index (χ1v) is 14.3. The summed E-state index contributed by atoms with van der Waals surface area (Å²) in [6.07, 6.45) is -11.7. The highest BCUT2D eigenvalue weighted by Crippen LogP contribution is 2.38. The van der Waals surface area contributed by atoms with Gasteiger partial charge in [-0.25, -0.2) is 13.8 Å². The molecule has 1 aromatic carbocycles. The number of aromatic amines is 1. The number of ether oxygens (including phenoxy) is 1. The molecular formula is C29H31F8N5O3. The lowest BCUT2D eigenvalue weighted by Gasteiger charge is -2.30. The summed E-state index contributed by atoms with van der Waals surface area (Å²) in [7, 11) is 0. The number of aromatic nitrogens is 3. The molecule has 1 fully saturated rings. The van der Waals surface area contributed by atoms with Crippen LogP contribution in [0.15, 0.2) is 24.3 Å². The molecule has 1 saturated carbocycles. The second kappa shape index (κ2) is 14.0. The molecule has 0 bridgehead atoms. The van der Waals surface area contributed by atoms with Crippen LogP contribution < -0.4 is 15.4 Å². The first-order chi connectivity index (χ1) is 21.1. The number of carbonyl (C=O) groups excluding carboxylic acids is 2. The standard InChI is InChI=1S/C29H31F8N5O3/c1-2-3-24(43)38-13-15-4-9-20(29(35,36)37)16(10-15)11-23-40-21-12-19(27(42-25(21)41-23)45-14-22(30)31)26(44)39-18-7-5-17(6-8-18)28(32,33)34/h4,9-10,12,17-18,22H,2-3,5-8,11,13-14H2,1H3,(H,38,43)(H,39,44)(H,40,41,42). The van der Waals surface area contributed by atoms with Crippen LogP contribution in [0, 0.1) is 5.92 Å². The van der Waals surface area contributed by atoms with Crippen molar-refractivity contribution in [1.82, 2.24) is 25.6 Å². The molecule has 3 aromatic rings. The molecule has 1 aliphatic carbocycles. The summed E-state index contributed by atoms with van der Waals surface area (Å²) < 4.78 is 111. The van der Waals surface area contributed by atoms with Crippen molar-refractivity contribution in [1.29, 1.82) is 0 Å². The van der Waals surface area contributed by atoms with Gasteiger partial charge in [0.25, 0.3) is 12.3 Å². The van der Waals surface area contributed by atoms with Crippen LogP contribution in [-0.4, -0.2) is 52.0 Å². The van der Waals surface area contributed by atoms with E-state index in [4.69, 9.17) is 4.74 Å². The van der Waals surface area contributed by atoms with Gasteiger partial charge in [0.2, 0.25) is 11.8 Å². The lowest BCUT2D eigenvalue weighted by atomic mass is 9.85. The van der Waals surface area contributed by atoms with Crippen molar-refractivity contribution < 1.29 is 49.4 Å². The number of amides is 2. The van der Waals surface area contributed by atoms with Crippen LogP contribution in [0.3, 0.4) is 0 Å². The Morgan fingerprint density at radius 1 is 1.04 bits per heavy atom. The number of benzene rings is 1. The fraction of sp³-hybridized carbons (Fsp3) is 0.517. The Labute approximate surface area is 252 Å². The smallest absolute Gasteiger partial charge is 0.416 e. The van der Waals surface area contributed by atoms with E-state index in [1.807, 2.05) is 6.92 Å². The maximum Gasteiger partial charge on any atom is 0.416 e. The maximum absolute atomic E-state index is 13.8. The molecule has 0 radical (unpaired) electrons. The number of imidazole rings is 1. The fourth-order valence-corrected chi connectivity index (χ4v) is 5.18. The molecule has 4 rings (SSSR count). The molecule has 3 N–H and O–H groups in total. The van der Waals surface area contributed by atoms with Crippen molar-refractivity contribution in [2.45, 2.75) is 83.2 Å². The molecule has 0 aliphatic heterocycles. The molecule has 0 atom stereocenters. The molecular weight excluding hydrogens is 618 g/mol. The Bertz CT molecular complexity index is 1500. The molecule has 45 heavy (non-hydrogen) atoms. The minimum atomic E-state index is -4.70. The molecule has 1 aliphatic rings. The van der Waals surface area contributed by atoms with Gasteiger partial charge in [-0.3, -0.25) is 9.59 Å². The minimum Gasteiger partial charge on any atom is -0.471 e. The molecule has 2 aromatic heterocycles. The zero-order valence-corrected chi connectivity index (χ0v) is 24.0. The van der Waals surface area contributed by atoms with Crippen LogP contribution in [0.1, 0.15) is 78.3 Å². The number of H-pyrrole nitrogens is 1. The van der Waals surface area contributed by atoms with E-state index < -0.39 is 54.7 Å². The van der Waals surface area contributed by atoms with Gasteiger partial charge in [-0.05, 0) is 55.4 Å². The van der Waals surface area contributed by atoms with E-state index in [1.54, 1.807) is 0 Å². The second-order valence-corrected chi connectivity index (χ2v) is 10.9. The third-order valence-corrected chi connectivity index (χ3v) is 7.40. The zero-order valence-electron chi connectivity index (χ0n) is 24.0. The van der Waals surface area contributed by atoms with Crippen molar-refractivity contribution in [2.75, 3.05) is 6.61 Å². The van der Waals surface area contributed by atoms with Gasteiger partial charge >= 0.3 is 12.4 Å². The van der Waals surface area contributed by atoms with Gasteiger partial charge in [0.1, 0.15) is 11.4 Å². The molecule has 0 saturated heterocycles. The summed E-state index contributed by atoms with van der Waals surface area (Å²) in [6.45, 7) is 0.698. The lowest BCUT2D eigenvalue weighted by Crippen LogP contribution is -2.40. The predicted octanol–water partition coefficient (Wildman–Crippen LogP) is 6.48. The monoisotopic (exact) mass is 649 g/mol. The van der Waals surface area contributed by atoms with Gasteiger partial charge in [-0.1, -0.05) is 19.1 Å². The number of pyridine rings is 1. The summed E-state index contributed by atoms with van der Waals surface area (Å²) in [5, 5.41) is 5.24. The Hall–Kier alpha value is -3.98. The third kappa shape index (κ3) is 9.03. The molecule has 246 valence electrons. The van der Waals surface area contributed by atoms with Crippen LogP contribution in [0.4, 0.5) is 35.1 Å². The molecule has 0 spiro atoms. The minimum absolute atomic E-state index is 0.00677. The largest absolute Gasteiger partial charge is 0.471 e. The number of hydrogen-bond donors (Lipinski definition) is 3. The van der Waals surface area contributed by atoms with E-state index in [-0.39, 0.29) is 79.1 Å². The predicted molar refractivity (Wildman–Crippen MR) is 146 cm³/mol. The normalized spacial score (nSPS) is 17.5. The topological polar surface area (TPSA) is 109 Å². The molecule has 0 unspecified atom stereocenters. The number of hydrogen-bond acceptors (Lipinski definition) is 5. The summed E-state index contributed by atoms with van der Waals surface area (Å²) in [5.41, 5.74) is -0.990. The second-order valence-electron chi connectivity index (χ2n) is 10.9.